The summed E-state index contributed by atoms with van der Waals surface area (Å²) in [4.78, 5) is 14.9. The third-order valence-electron chi connectivity index (χ3n) is 5.27. The van der Waals surface area contributed by atoms with Crippen molar-refractivity contribution in [3.8, 4) is 22.6 Å². The van der Waals surface area contributed by atoms with Gasteiger partial charge in [0, 0.05) is 12.1 Å². The molecule has 6 heteroatoms. The zero-order chi connectivity index (χ0) is 20.5. The van der Waals surface area contributed by atoms with Crippen molar-refractivity contribution in [2.24, 2.45) is 0 Å². The molecular formula is C23H24N2O4. The fraction of sp³-hybridized carbons (Fsp3) is 0.304. The maximum Gasteiger partial charge on any atom is 0.259 e. The summed E-state index contributed by atoms with van der Waals surface area (Å²) in [6.45, 7) is 6.80. The first kappa shape index (κ1) is 19.1. The normalized spacial score (nSPS) is 13.6. The smallest absolute Gasteiger partial charge is 0.259 e. The van der Waals surface area contributed by atoms with E-state index < -0.39 is 0 Å². The van der Waals surface area contributed by atoms with Gasteiger partial charge < -0.3 is 19.3 Å². The number of fused-ring (bicyclic) bond motifs is 1. The number of phenols is 1. The first-order chi connectivity index (χ1) is 14.0. The molecule has 150 valence electrons. The monoisotopic (exact) mass is 392 g/mol. The van der Waals surface area contributed by atoms with E-state index in [0.717, 1.165) is 16.7 Å². The first-order valence-corrected chi connectivity index (χ1v) is 9.78. The molecule has 0 saturated carbocycles. The number of rotatable bonds is 3. The average Bonchev–Trinajstić information content (AvgIpc) is 2.94. The standard InChI is InChI=1S/C23H24N2O4/c1-4-19-21(15(3)29-24-19)23(27)25-9-10-28-22-18(13-25)11-17(12-20(22)26)16-7-5-14(2)6-8-16/h5-8,11-12,26H,4,9-10,13H2,1-3H3. The number of aromatic hydroxyl groups is 1. The van der Waals surface area contributed by atoms with Gasteiger partial charge in [0.05, 0.1) is 12.2 Å². The predicted octanol–water partition coefficient (Wildman–Crippen LogP) is 4.26. The van der Waals surface area contributed by atoms with E-state index in [1.54, 1.807) is 17.9 Å². The van der Waals surface area contributed by atoms with Crippen molar-refractivity contribution in [2.45, 2.75) is 33.7 Å². The van der Waals surface area contributed by atoms with E-state index in [1.807, 2.05) is 44.2 Å². The van der Waals surface area contributed by atoms with Gasteiger partial charge in [0.15, 0.2) is 11.5 Å². The molecule has 1 aliphatic heterocycles. The largest absolute Gasteiger partial charge is 0.504 e. The van der Waals surface area contributed by atoms with E-state index in [4.69, 9.17) is 9.26 Å². The second kappa shape index (κ2) is 7.62. The number of aromatic nitrogens is 1. The molecule has 29 heavy (non-hydrogen) atoms. The molecule has 4 rings (SSSR count). The summed E-state index contributed by atoms with van der Waals surface area (Å²) >= 11 is 0. The summed E-state index contributed by atoms with van der Waals surface area (Å²) in [5.41, 5.74) is 5.01. The second-order valence-electron chi connectivity index (χ2n) is 7.34. The summed E-state index contributed by atoms with van der Waals surface area (Å²) in [5.74, 6) is 0.919. The Hall–Kier alpha value is -3.28. The fourth-order valence-corrected chi connectivity index (χ4v) is 3.68. The van der Waals surface area contributed by atoms with Gasteiger partial charge in [0.2, 0.25) is 0 Å². The molecule has 0 saturated heterocycles. The average molecular weight is 392 g/mol. The molecule has 6 nitrogen and oxygen atoms in total. The number of hydrogen-bond donors (Lipinski definition) is 1. The van der Waals surface area contributed by atoms with E-state index in [1.165, 1.54) is 5.56 Å². The number of hydrogen-bond acceptors (Lipinski definition) is 5. The van der Waals surface area contributed by atoms with Crippen LogP contribution in [-0.2, 0) is 13.0 Å². The number of ether oxygens (including phenoxy) is 1. The number of nitrogens with zero attached hydrogens (tertiary/aromatic N) is 2. The molecule has 0 radical (unpaired) electrons. The van der Waals surface area contributed by atoms with E-state index in [2.05, 4.69) is 5.16 Å². The Morgan fingerprint density at radius 2 is 1.93 bits per heavy atom. The van der Waals surface area contributed by atoms with E-state index in [0.29, 0.717) is 48.9 Å². The van der Waals surface area contributed by atoms with Gasteiger partial charge >= 0.3 is 0 Å². The number of benzene rings is 2. The van der Waals surface area contributed by atoms with Gasteiger partial charge in [-0.1, -0.05) is 41.9 Å². The van der Waals surface area contributed by atoms with Crippen LogP contribution in [0.3, 0.4) is 0 Å². The highest BCUT2D eigenvalue weighted by atomic mass is 16.5. The minimum atomic E-state index is -0.128. The molecule has 0 unspecified atom stereocenters. The Labute approximate surface area is 169 Å². The lowest BCUT2D eigenvalue weighted by molar-refractivity contribution is 0.0730. The van der Waals surface area contributed by atoms with Crippen molar-refractivity contribution in [1.82, 2.24) is 10.1 Å². The molecule has 1 amide bonds. The molecule has 1 aromatic heterocycles. The van der Waals surface area contributed by atoms with Crippen LogP contribution in [0, 0.1) is 13.8 Å². The lowest BCUT2D eigenvalue weighted by Crippen LogP contribution is -2.33. The summed E-state index contributed by atoms with van der Waals surface area (Å²) in [7, 11) is 0. The first-order valence-electron chi connectivity index (χ1n) is 9.78. The molecule has 0 fully saturated rings. The molecule has 0 atom stereocenters. The highest BCUT2D eigenvalue weighted by molar-refractivity contribution is 5.96. The lowest BCUT2D eigenvalue weighted by atomic mass is 10.00. The number of aryl methyl sites for hydroxylation is 3. The molecule has 0 bridgehead atoms. The van der Waals surface area contributed by atoms with Crippen LogP contribution in [-0.4, -0.2) is 34.2 Å². The van der Waals surface area contributed by atoms with Gasteiger partial charge in [-0.05, 0) is 43.5 Å². The Kier molecular flexibility index (Phi) is 5.01. The summed E-state index contributed by atoms with van der Waals surface area (Å²) in [6, 6.07) is 11.8. The van der Waals surface area contributed by atoms with Crippen LogP contribution in [0.15, 0.2) is 40.9 Å². The minimum Gasteiger partial charge on any atom is -0.504 e. The van der Waals surface area contributed by atoms with Gasteiger partial charge in [-0.15, -0.1) is 0 Å². The van der Waals surface area contributed by atoms with Crippen LogP contribution in [0.4, 0.5) is 0 Å². The second-order valence-corrected chi connectivity index (χ2v) is 7.34. The maximum absolute atomic E-state index is 13.2. The molecule has 3 aromatic rings. The zero-order valence-corrected chi connectivity index (χ0v) is 16.9. The highest BCUT2D eigenvalue weighted by Crippen LogP contribution is 2.38. The van der Waals surface area contributed by atoms with Crippen molar-refractivity contribution in [1.29, 1.82) is 0 Å². The maximum atomic E-state index is 13.2. The van der Waals surface area contributed by atoms with Crippen molar-refractivity contribution in [3.63, 3.8) is 0 Å². The van der Waals surface area contributed by atoms with Crippen LogP contribution in [0.1, 0.15) is 39.9 Å². The van der Waals surface area contributed by atoms with Crippen molar-refractivity contribution in [3.05, 3.63) is 64.5 Å². The van der Waals surface area contributed by atoms with Crippen molar-refractivity contribution >= 4 is 5.91 Å². The zero-order valence-electron chi connectivity index (χ0n) is 16.9. The Balaban J connectivity index is 1.70. The number of amides is 1. The van der Waals surface area contributed by atoms with E-state index in [9.17, 15) is 9.90 Å². The number of phenolic OH excluding ortho intramolecular Hbond substituents is 1. The predicted molar refractivity (Wildman–Crippen MR) is 109 cm³/mol. The summed E-state index contributed by atoms with van der Waals surface area (Å²) in [6.07, 6.45) is 0.623. The van der Waals surface area contributed by atoms with Gasteiger partial charge in [-0.3, -0.25) is 4.79 Å². The lowest BCUT2D eigenvalue weighted by Gasteiger charge is -2.20. The van der Waals surface area contributed by atoms with Crippen LogP contribution in [0.25, 0.3) is 11.1 Å². The molecular weight excluding hydrogens is 368 g/mol. The van der Waals surface area contributed by atoms with E-state index >= 15 is 0 Å². The molecule has 1 N–H and O–H groups in total. The van der Waals surface area contributed by atoms with Crippen LogP contribution >= 0.6 is 0 Å². The third kappa shape index (κ3) is 3.58. The molecule has 2 heterocycles. The fourth-order valence-electron chi connectivity index (χ4n) is 3.68. The molecule has 2 aromatic carbocycles. The SMILES string of the molecule is CCc1noc(C)c1C(=O)N1CCOc2c(O)cc(-c3ccc(C)cc3)cc2C1. The topological polar surface area (TPSA) is 75.8 Å². The molecule has 0 spiro atoms. The summed E-state index contributed by atoms with van der Waals surface area (Å²) in [5, 5.41) is 14.6. The quantitative estimate of drug-likeness (QED) is 0.721. The molecule has 1 aliphatic rings. The van der Waals surface area contributed by atoms with Gasteiger partial charge in [-0.2, -0.15) is 0 Å². The van der Waals surface area contributed by atoms with Crippen molar-refractivity contribution in [2.75, 3.05) is 13.2 Å². The Morgan fingerprint density at radius 1 is 1.17 bits per heavy atom. The van der Waals surface area contributed by atoms with Gasteiger partial charge in [0.25, 0.3) is 5.91 Å². The van der Waals surface area contributed by atoms with Crippen LogP contribution in [0.5, 0.6) is 11.5 Å². The Morgan fingerprint density at radius 3 is 2.66 bits per heavy atom. The van der Waals surface area contributed by atoms with Crippen LogP contribution < -0.4 is 4.74 Å². The van der Waals surface area contributed by atoms with Gasteiger partial charge in [-0.25, -0.2) is 0 Å². The highest BCUT2D eigenvalue weighted by Gasteiger charge is 2.28. The summed E-state index contributed by atoms with van der Waals surface area (Å²) < 4.78 is 11.0. The van der Waals surface area contributed by atoms with Crippen LogP contribution in [0.2, 0.25) is 0 Å². The molecule has 0 aliphatic carbocycles. The van der Waals surface area contributed by atoms with Gasteiger partial charge in [0.1, 0.15) is 17.9 Å². The number of carbonyl (C=O) groups excluding carboxylic acids is 1. The Bertz CT molecular complexity index is 1050. The van der Waals surface area contributed by atoms with Crippen molar-refractivity contribution < 1.29 is 19.2 Å². The van der Waals surface area contributed by atoms with E-state index in [-0.39, 0.29) is 11.7 Å². The third-order valence-corrected chi connectivity index (χ3v) is 5.27. The number of carbonyl (C=O) groups is 1. The minimum absolute atomic E-state index is 0.0859.